The molecule has 0 fully saturated rings. The molecule has 88 valence electrons. The summed E-state index contributed by atoms with van der Waals surface area (Å²) in [6.45, 7) is 5.94. The molecule has 0 atom stereocenters. The van der Waals surface area contributed by atoms with Gasteiger partial charge in [0.1, 0.15) is 5.76 Å². The SMILES string of the molecule is CC(C)(C)OC/C(=C\C(=O)O)c1ccco1. The van der Waals surface area contributed by atoms with Crippen molar-refractivity contribution in [1.82, 2.24) is 0 Å². The monoisotopic (exact) mass is 224 g/mol. The summed E-state index contributed by atoms with van der Waals surface area (Å²) >= 11 is 0. The van der Waals surface area contributed by atoms with Crippen LogP contribution in [0.15, 0.2) is 28.9 Å². The lowest BCUT2D eigenvalue weighted by Crippen LogP contribution is -2.20. The number of carboxylic acid groups (broad SMARTS) is 1. The molecule has 0 aliphatic heterocycles. The summed E-state index contributed by atoms with van der Waals surface area (Å²) in [5, 5.41) is 8.74. The molecule has 0 amide bonds. The molecular formula is C12H16O4. The summed E-state index contributed by atoms with van der Waals surface area (Å²) in [6.07, 6.45) is 2.60. The fraction of sp³-hybridized carbons (Fsp3) is 0.417. The third kappa shape index (κ3) is 4.31. The highest BCUT2D eigenvalue weighted by Crippen LogP contribution is 2.18. The third-order valence-electron chi connectivity index (χ3n) is 1.80. The van der Waals surface area contributed by atoms with Crippen molar-refractivity contribution in [3.8, 4) is 0 Å². The predicted octanol–water partition coefficient (Wildman–Crippen LogP) is 2.56. The van der Waals surface area contributed by atoms with Crippen LogP contribution in [0.25, 0.3) is 5.57 Å². The van der Waals surface area contributed by atoms with Crippen LogP contribution < -0.4 is 0 Å². The van der Waals surface area contributed by atoms with Crippen molar-refractivity contribution in [3.05, 3.63) is 30.2 Å². The van der Waals surface area contributed by atoms with Gasteiger partial charge >= 0.3 is 5.97 Å². The Balaban J connectivity index is 2.78. The minimum atomic E-state index is -1.01. The van der Waals surface area contributed by atoms with E-state index in [1.54, 1.807) is 12.1 Å². The van der Waals surface area contributed by atoms with E-state index in [1.165, 1.54) is 6.26 Å². The number of ether oxygens (including phenoxy) is 1. The van der Waals surface area contributed by atoms with Crippen LogP contribution in [0.1, 0.15) is 26.5 Å². The van der Waals surface area contributed by atoms with Gasteiger partial charge in [0.2, 0.25) is 0 Å². The molecule has 1 heterocycles. The summed E-state index contributed by atoms with van der Waals surface area (Å²) in [4.78, 5) is 10.7. The van der Waals surface area contributed by atoms with Crippen LogP contribution >= 0.6 is 0 Å². The molecule has 0 radical (unpaired) electrons. The number of aliphatic carboxylic acids is 1. The Kier molecular flexibility index (Phi) is 3.90. The minimum Gasteiger partial charge on any atom is -0.478 e. The van der Waals surface area contributed by atoms with Crippen LogP contribution in [0.4, 0.5) is 0 Å². The Hall–Kier alpha value is -1.55. The van der Waals surface area contributed by atoms with Gasteiger partial charge < -0.3 is 14.3 Å². The zero-order valence-corrected chi connectivity index (χ0v) is 9.69. The maximum atomic E-state index is 10.7. The number of carboxylic acids is 1. The number of carbonyl (C=O) groups is 1. The van der Waals surface area contributed by atoms with Crippen LogP contribution in [0, 0.1) is 0 Å². The molecule has 0 saturated heterocycles. The van der Waals surface area contributed by atoms with E-state index in [-0.39, 0.29) is 12.2 Å². The van der Waals surface area contributed by atoms with Crippen LogP contribution in [0.3, 0.4) is 0 Å². The van der Waals surface area contributed by atoms with Gasteiger partial charge in [-0.15, -0.1) is 0 Å². The highest BCUT2D eigenvalue weighted by Gasteiger charge is 2.14. The number of hydrogen-bond acceptors (Lipinski definition) is 3. The first-order valence-electron chi connectivity index (χ1n) is 5.00. The summed E-state index contributed by atoms with van der Waals surface area (Å²) in [5.41, 5.74) is 0.205. The third-order valence-corrected chi connectivity index (χ3v) is 1.80. The van der Waals surface area contributed by atoms with E-state index < -0.39 is 5.97 Å². The Bertz CT molecular complexity index is 368. The molecule has 1 rings (SSSR count). The van der Waals surface area contributed by atoms with E-state index in [9.17, 15) is 4.79 Å². The van der Waals surface area contributed by atoms with E-state index in [1.807, 2.05) is 20.8 Å². The smallest absolute Gasteiger partial charge is 0.328 e. The molecule has 0 aromatic carbocycles. The Labute approximate surface area is 94.5 Å². The van der Waals surface area contributed by atoms with Crippen molar-refractivity contribution in [2.75, 3.05) is 6.61 Å². The van der Waals surface area contributed by atoms with Gasteiger partial charge in [-0.25, -0.2) is 4.79 Å². The van der Waals surface area contributed by atoms with E-state index >= 15 is 0 Å². The van der Waals surface area contributed by atoms with Gasteiger partial charge in [-0.1, -0.05) is 0 Å². The molecule has 0 aliphatic rings. The van der Waals surface area contributed by atoms with Gasteiger partial charge in [-0.2, -0.15) is 0 Å². The molecule has 16 heavy (non-hydrogen) atoms. The molecule has 4 nitrogen and oxygen atoms in total. The molecule has 0 spiro atoms. The number of rotatable bonds is 4. The van der Waals surface area contributed by atoms with Crippen molar-refractivity contribution in [2.24, 2.45) is 0 Å². The van der Waals surface area contributed by atoms with Crippen molar-refractivity contribution in [2.45, 2.75) is 26.4 Å². The first-order chi connectivity index (χ1) is 7.38. The molecule has 0 unspecified atom stereocenters. The maximum absolute atomic E-state index is 10.7. The van der Waals surface area contributed by atoms with E-state index in [0.29, 0.717) is 11.3 Å². The summed E-state index contributed by atoms with van der Waals surface area (Å²) < 4.78 is 10.7. The largest absolute Gasteiger partial charge is 0.478 e. The number of hydrogen-bond donors (Lipinski definition) is 1. The first kappa shape index (κ1) is 12.5. The summed E-state index contributed by atoms with van der Waals surface area (Å²) in [5.74, 6) is -0.490. The molecule has 1 aromatic heterocycles. The molecule has 0 saturated carbocycles. The zero-order valence-electron chi connectivity index (χ0n) is 9.69. The molecule has 1 N–H and O–H groups in total. The van der Waals surface area contributed by atoms with Crippen molar-refractivity contribution in [3.63, 3.8) is 0 Å². The fourth-order valence-corrected chi connectivity index (χ4v) is 1.09. The molecule has 0 aliphatic carbocycles. The van der Waals surface area contributed by atoms with Gasteiger partial charge in [-0.05, 0) is 32.9 Å². The van der Waals surface area contributed by atoms with Gasteiger partial charge in [0.15, 0.2) is 0 Å². The van der Waals surface area contributed by atoms with Gasteiger partial charge in [0.25, 0.3) is 0 Å². The van der Waals surface area contributed by atoms with Crippen LogP contribution in [-0.4, -0.2) is 23.3 Å². The zero-order chi connectivity index (χ0) is 12.2. The van der Waals surface area contributed by atoms with Gasteiger partial charge in [-0.3, -0.25) is 0 Å². The molecule has 0 bridgehead atoms. The van der Waals surface area contributed by atoms with E-state index in [0.717, 1.165) is 6.08 Å². The topological polar surface area (TPSA) is 59.7 Å². The van der Waals surface area contributed by atoms with Crippen LogP contribution in [0.2, 0.25) is 0 Å². The van der Waals surface area contributed by atoms with Crippen LogP contribution in [0.5, 0.6) is 0 Å². The first-order valence-corrected chi connectivity index (χ1v) is 5.00. The van der Waals surface area contributed by atoms with Gasteiger partial charge in [0, 0.05) is 11.6 Å². The van der Waals surface area contributed by atoms with Gasteiger partial charge in [0.05, 0.1) is 18.5 Å². The standard InChI is InChI=1S/C12H16O4/c1-12(2,3)16-8-9(7-11(13)14)10-5-4-6-15-10/h4-7H,8H2,1-3H3,(H,13,14)/b9-7+. The number of furan rings is 1. The van der Waals surface area contributed by atoms with Crippen molar-refractivity contribution >= 4 is 11.5 Å². The lowest BCUT2D eigenvalue weighted by molar-refractivity contribution is -0.131. The Morgan fingerprint density at radius 3 is 2.69 bits per heavy atom. The molecule has 1 aromatic rings. The minimum absolute atomic E-state index is 0.212. The highest BCUT2D eigenvalue weighted by atomic mass is 16.5. The summed E-state index contributed by atoms with van der Waals surface area (Å²) in [7, 11) is 0. The predicted molar refractivity (Wildman–Crippen MR) is 60.0 cm³/mol. The molecular weight excluding hydrogens is 208 g/mol. The second-order valence-corrected chi connectivity index (χ2v) is 4.39. The van der Waals surface area contributed by atoms with E-state index in [4.69, 9.17) is 14.3 Å². The Morgan fingerprint density at radius 1 is 1.56 bits per heavy atom. The van der Waals surface area contributed by atoms with Crippen LogP contribution in [-0.2, 0) is 9.53 Å². The quantitative estimate of drug-likeness (QED) is 0.798. The van der Waals surface area contributed by atoms with E-state index in [2.05, 4.69) is 0 Å². The van der Waals surface area contributed by atoms with Crippen molar-refractivity contribution in [1.29, 1.82) is 0 Å². The second kappa shape index (κ2) is 4.99. The summed E-state index contributed by atoms with van der Waals surface area (Å²) in [6, 6.07) is 3.42. The maximum Gasteiger partial charge on any atom is 0.328 e. The second-order valence-electron chi connectivity index (χ2n) is 4.39. The molecule has 4 heteroatoms. The average Bonchev–Trinajstić information content (AvgIpc) is 2.62. The Morgan fingerprint density at radius 2 is 2.25 bits per heavy atom. The lowest BCUT2D eigenvalue weighted by Gasteiger charge is -2.19. The fourth-order valence-electron chi connectivity index (χ4n) is 1.09. The lowest BCUT2D eigenvalue weighted by atomic mass is 10.1. The van der Waals surface area contributed by atoms with Crippen molar-refractivity contribution < 1.29 is 19.1 Å². The average molecular weight is 224 g/mol. The normalized spacial score (nSPS) is 12.8. The highest BCUT2D eigenvalue weighted by molar-refractivity contribution is 5.89.